The van der Waals surface area contributed by atoms with Gasteiger partial charge in [0, 0.05) is 5.69 Å². The highest BCUT2D eigenvalue weighted by Crippen LogP contribution is 2.43. The zero-order chi connectivity index (χ0) is 10.9. The van der Waals surface area contributed by atoms with Gasteiger partial charge >= 0.3 is 6.18 Å². The van der Waals surface area contributed by atoms with Crippen molar-refractivity contribution in [3.8, 4) is 5.75 Å². The molecule has 0 bridgehead atoms. The summed E-state index contributed by atoms with van der Waals surface area (Å²) in [6, 6.07) is 2.58. The molecule has 0 heterocycles. The molecule has 0 atom stereocenters. The lowest BCUT2D eigenvalue weighted by molar-refractivity contribution is -0.138. The first-order valence-corrected chi connectivity index (χ1v) is 4.36. The van der Waals surface area contributed by atoms with Gasteiger partial charge in [-0.2, -0.15) is 13.2 Å². The lowest BCUT2D eigenvalue weighted by Gasteiger charge is -2.15. The summed E-state index contributed by atoms with van der Waals surface area (Å²) in [6.45, 7) is 0. The fourth-order valence-electron chi connectivity index (χ4n) is 1.06. The molecule has 0 aliphatic rings. The minimum Gasteiger partial charge on any atom is -0.495 e. The number of benzene rings is 1. The highest BCUT2D eigenvalue weighted by atomic mass is 79.9. The van der Waals surface area contributed by atoms with Gasteiger partial charge in [-0.25, -0.2) is 0 Å². The molecular formula is C8H7BrF3NO. The first-order chi connectivity index (χ1) is 6.38. The molecule has 14 heavy (non-hydrogen) atoms. The predicted molar refractivity (Wildman–Crippen MR) is 50.1 cm³/mol. The molecule has 1 rings (SSSR count). The van der Waals surface area contributed by atoms with Crippen molar-refractivity contribution in [3.63, 3.8) is 0 Å². The van der Waals surface area contributed by atoms with Gasteiger partial charge in [0.05, 0.1) is 11.6 Å². The highest BCUT2D eigenvalue weighted by molar-refractivity contribution is 9.10. The molecule has 0 saturated heterocycles. The molecule has 0 aliphatic heterocycles. The third-order valence-corrected chi connectivity index (χ3v) is 2.25. The summed E-state index contributed by atoms with van der Waals surface area (Å²) in [5.74, 6) is -0.294. The number of methoxy groups -OCH3 is 1. The number of alkyl halides is 3. The second-order valence-corrected chi connectivity index (χ2v) is 3.40. The van der Waals surface area contributed by atoms with Gasteiger partial charge in [-0.1, -0.05) is 0 Å². The first-order valence-electron chi connectivity index (χ1n) is 3.57. The molecule has 0 radical (unpaired) electrons. The van der Waals surface area contributed by atoms with E-state index in [0.29, 0.717) is 0 Å². The van der Waals surface area contributed by atoms with E-state index in [9.17, 15) is 13.2 Å². The summed E-state index contributed by atoms with van der Waals surface area (Å²) >= 11 is 2.95. The number of ether oxygens (including phenoxy) is 1. The van der Waals surface area contributed by atoms with E-state index in [0.717, 1.165) is 7.11 Å². The molecule has 0 saturated carbocycles. The van der Waals surface area contributed by atoms with Crippen LogP contribution in [0.5, 0.6) is 5.75 Å². The zero-order valence-electron chi connectivity index (χ0n) is 7.15. The maximum atomic E-state index is 12.5. The van der Waals surface area contributed by atoms with Crippen molar-refractivity contribution in [1.82, 2.24) is 0 Å². The summed E-state index contributed by atoms with van der Waals surface area (Å²) in [7, 11) is 1.16. The van der Waals surface area contributed by atoms with Crippen molar-refractivity contribution in [2.75, 3.05) is 12.8 Å². The Hall–Kier alpha value is -0.910. The first kappa shape index (κ1) is 11.2. The summed E-state index contributed by atoms with van der Waals surface area (Å²) in [4.78, 5) is 0. The van der Waals surface area contributed by atoms with E-state index in [1.54, 1.807) is 0 Å². The molecule has 1 aromatic rings. The van der Waals surface area contributed by atoms with Gasteiger partial charge in [-0.05, 0) is 28.1 Å². The van der Waals surface area contributed by atoms with Crippen LogP contribution in [0.25, 0.3) is 0 Å². The molecule has 0 aromatic heterocycles. The molecule has 78 valence electrons. The van der Waals surface area contributed by atoms with Crippen LogP contribution in [0.15, 0.2) is 16.6 Å². The number of hydrogen-bond donors (Lipinski definition) is 1. The fourth-order valence-corrected chi connectivity index (χ4v) is 1.56. The average molecular weight is 270 g/mol. The van der Waals surface area contributed by atoms with Gasteiger partial charge in [-0.15, -0.1) is 0 Å². The van der Waals surface area contributed by atoms with Gasteiger partial charge in [0.15, 0.2) is 0 Å². The average Bonchev–Trinajstić information content (AvgIpc) is 2.06. The third-order valence-electron chi connectivity index (χ3n) is 1.63. The second-order valence-electron chi connectivity index (χ2n) is 2.54. The molecule has 1 aromatic carbocycles. The van der Waals surface area contributed by atoms with Gasteiger partial charge < -0.3 is 10.5 Å². The van der Waals surface area contributed by atoms with Crippen LogP contribution in [-0.4, -0.2) is 7.11 Å². The number of halogens is 4. The molecule has 0 fully saturated rings. The van der Waals surface area contributed by atoms with Gasteiger partial charge in [0.25, 0.3) is 0 Å². The van der Waals surface area contributed by atoms with Gasteiger partial charge in [0.1, 0.15) is 11.3 Å². The monoisotopic (exact) mass is 269 g/mol. The van der Waals surface area contributed by atoms with Crippen molar-refractivity contribution in [3.05, 3.63) is 22.2 Å². The summed E-state index contributed by atoms with van der Waals surface area (Å²) in [6.07, 6.45) is -4.51. The minimum atomic E-state index is -4.51. The van der Waals surface area contributed by atoms with Crippen LogP contribution in [0.3, 0.4) is 0 Å². The fraction of sp³-hybridized carbons (Fsp3) is 0.250. The SMILES string of the molecule is COc1c(Br)ccc(N)c1C(F)(F)F. The van der Waals surface area contributed by atoms with E-state index < -0.39 is 11.7 Å². The number of nitrogens with two attached hydrogens (primary N) is 1. The summed E-state index contributed by atoms with van der Waals surface area (Å²) in [5, 5.41) is 0. The van der Waals surface area contributed by atoms with E-state index in [1.165, 1.54) is 12.1 Å². The molecule has 0 unspecified atom stereocenters. The van der Waals surface area contributed by atoms with Crippen LogP contribution in [0.2, 0.25) is 0 Å². The number of nitrogen functional groups attached to an aromatic ring is 1. The Kier molecular flexibility index (Phi) is 2.94. The topological polar surface area (TPSA) is 35.2 Å². The smallest absolute Gasteiger partial charge is 0.421 e. The van der Waals surface area contributed by atoms with Crippen LogP contribution in [0, 0.1) is 0 Å². The third kappa shape index (κ3) is 1.95. The minimum absolute atomic E-state index is 0.224. The summed E-state index contributed by atoms with van der Waals surface area (Å²) < 4.78 is 42.3. The Bertz CT molecular complexity index is 351. The molecule has 6 heteroatoms. The maximum absolute atomic E-state index is 12.5. The van der Waals surface area contributed by atoms with Crippen molar-refractivity contribution in [2.45, 2.75) is 6.18 Å². The van der Waals surface area contributed by atoms with Crippen LogP contribution in [-0.2, 0) is 6.18 Å². The molecule has 2 nitrogen and oxygen atoms in total. The van der Waals surface area contributed by atoms with E-state index in [4.69, 9.17) is 5.73 Å². The number of rotatable bonds is 1. The van der Waals surface area contributed by atoms with Gasteiger partial charge in [-0.3, -0.25) is 0 Å². The Balaban J connectivity index is 3.46. The Morgan fingerprint density at radius 3 is 2.29 bits per heavy atom. The second kappa shape index (κ2) is 3.68. The van der Waals surface area contributed by atoms with E-state index in [1.807, 2.05) is 0 Å². The van der Waals surface area contributed by atoms with E-state index in [-0.39, 0.29) is 15.9 Å². The maximum Gasteiger partial charge on any atom is 0.421 e. The summed E-state index contributed by atoms with van der Waals surface area (Å²) in [5.41, 5.74) is 3.93. The lowest BCUT2D eigenvalue weighted by Crippen LogP contribution is -2.11. The quantitative estimate of drug-likeness (QED) is 0.796. The van der Waals surface area contributed by atoms with Crippen molar-refractivity contribution in [2.24, 2.45) is 0 Å². The van der Waals surface area contributed by atoms with Crippen molar-refractivity contribution in [1.29, 1.82) is 0 Å². The zero-order valence-corrected chi connectivity index (χ0v) is 8.74. The molecular weight excluding hydrogens is 263 g/mol. The number of anilines is 1. The van der Waals surface area contributed by atoms with E-state index in [2.05, 4.69) is 20.7 Å². The van der Waals surface area contributed by atoms with E-state index >= 15 is 0 Å². The lowest BCUT2D eigenvalue weighted by atomic mass is 10.1. The highest BCUT2D eigenvalue weighted by Gasteiger charge is 2.37. The van der Waals surface area contributed by atoms with Gasteiger partial charge in [0.2, 0.25) is 0 Å². The predicted octanol–water partition coefficient (Wildman–Crippen LogP) is 3.06. The van der Waals surface area contributed by atoms with Crippen molar-refractivity contribution < 1.29 is 17.9 Å². The Morgan fingerprint density at radius 2 is 1.93 bits per heavy atom. The van der Waals surface area contributed by atoms with Crippen LogP contribution in [0.4, 0.5) is 18.9 Å². The largest absolute Gasteiger partial charge is 0.495 e. The number of hydrogen-bond acceptors (Lipinski definition) is 2. The normalized spacial score (nSPS) is 11.5. The van der Waals surface area contributed by atoms with Crippen molar-refractivity contribution >= 4 is 21.6 Å². The Labute approximate surface area is 87.0 Å². The Morgan fingerprint density at radius 1 is 1.36 bits per heavy atom. The molecule has 0 aliphatic carbocycles. The molecule has 0 spiro atoms. The van der Waals surface area contributed by atoms with Crippen LogP contribution >= 0.6 is 15.9 Å². The van der Waals surface area contributed by atoms with Crippen LogP contribution in [0.1, 0.15) is 5.56 Å². The van der Waals surface area contributed by atoms with Crippen LogP contribution < -0.4 is 10.5 Å². The standard InChI is InChI=1S/C8H7BrF3NO/c1-14-7-4(9)2-3-5(13)6(7)8(10,11)12/h2-3H,13H2,1H3. The molecule has 2 N–H and O–H groups in total. The molecule has 0 amide bonds.